The largest absolute Gasteiger partial charge is 0.275 e. The Morgan fingerprint density at radius 3 is 2.67 bits per heavy atom. The molecule has 1 atom stereocenters. The normalized spacial score (nSPS) is 23.3. The van der Waals surface area contributed by atoms with Crippen molar-refractivity contribution in [2.75, 3.05) is 0 Å². The molecule has 1 unspecified atom stereocenters. The van der Waals surface area contributed by atoms with E-state index in [0.29, 0.717) is 0 Å². The van der Waals surface area contributed by atoms with Gasteiger partial charge in [-0.05, 0) is 0 Å². The molecule has 0 aromatic carbocycles. The molecule has 1 amide bonds. The zero-order chi connectivity index (χ0) is 9.30. The SMILES string of the molecule is CC(=O)N1C(Cl)=CC(Cl)=NC1Cl. The average molecular weight is 227 g/mol. The molecule has 66 valence electrons. The van der Waals surface area contributed by atoms with Crippen LogP contribution in [0.4, 0.5) is 0 Å². The highest BCUT2D eigenvalue weighted by atomic mass is 35.5. The second-order valence-electron chi connectivity index (χ2n) is 2.12. The molecular weight excluding hydrogens is 222 g/mol. The first-order valence-electron chi connectivity index (χ1n) is 3.06. The molecule has 0 bridgehead atoms. The molecule has 0 saturated heterocycles. The van der Waals surface area contributed by atoms with Gasteiger partial charge in [0.1, 0.15) is 10.3 Å². The first-order valence-corrected chi connectivity index (χ1v) is 4.26. The zero-order valence-corrected chi connectivity index (χ0v) is 8.36. The third kappa shape index (κ3) is 1.91. The maximum Gasteiger partial charge on any atom is 0.227 e. The van der Waals surface area contributed by atoms with Crippen molar-refractivity contribution in [3.63, 3.8) is 0 Å². The third-order valence-electron chi connectivity index (χ3n) is 1.25. The number of halogens is 3. The zero-order valence-electron chi connectivity index (χ0n) is 6.09. The lowest BCUT2D eigenvalue weighted by Gasteiger charge is -2.25. The van der Waals surface area contributed by atoms with Gasteiger partial charge >= 0.3 is 0 Å². The second-order valence-corrected chi connectivity index (χ2v) is 3.28. The number of carbonyl (C=O) groups excluding carboxylic acids is 1. The van der Waals surface area contributed by atoms with Crippen LogP contribution in [0.2, 0.25) is 0 Å². The van der Waals surface area contributed by atoms with Gasteiger partial charge in [-0.1, -0.05) is 34.8 Å². The number of hydrogen-bond acceptors (Lipinski definition) is 2. The van der Waals surface area contributed by atoms with E-state index in [0.717, 1.165) is 4.90 Å². The molecule has 0 saturated carbocycles. The van der Waals surface area contributed by atoms with E-state index in [4.69, 9.17) is 34.8 Å². The van der Waals surface area contributed by atoms with Gasteiger partial charge in [0, 0.05) is 13.0 Å². The maximum atomic E-state index is 10.9. The van der Waals surface area contributed by atoms with Crippen LogP contribution < -0.4 is 0 Å². The van der Waals surface area contributed by atoms with Crippen molar-refractivity contribution >= 4 is 45.9 Å². The van der Waals surface area contributed by atoms with E-state index in [1.165, 1.54) is 13.0 Å². The summed E-state index contributed by atoms with van der Waals surface area (Å²) < 4.78 is 0. The highest BCUT2D eigenvalue weighted by molar-refractivity contribution is 6.69. The highest BCUT2D eigenvalue weighted by Crippen LogP contribution is 2.23. The Bertz CT molecular complexity index is 274. The molecule has 0 aromatic rings. The minimum atomic E-state index is -0.840. The number of aliphatic imine (C=N–C) groups is 1. The standard InChI is InChI=1S/C6H5Cl3N2O/c1-3(12)11-5(8)2-4(7)10-6(11)9/h2,6H,1H3. The van der Waals surface area contributed by atoms with E-state index in [2.05, 4.69) is 4.99 Å². The first kappa shape index (κ1) is 9.84. The molecule has 0 aromatic heterocycles. The monoisotopic (exact) mass is 226 g/mol. The molecule has 0 aliphatic carbocycles. The van der Waals surface area contributed by atoms with Crippen molar-refractivity contribution in [2.24, 2.45) is 4.99 Å². The molecule has 12 heavy (non-hydrogen) atoms. The van der Waals surface area contributed by atoms with E-state index in [1.54, 1.807) is 0 Å². The number of amides is 1. The van der Waals surface area contributed by atoms with Crippen LogP contribution in [0.1, 0.15) is 6.92 Å². The number of hydrogen-bond donors (Lipinski definition) is 0. The van der Waals surface area contributed by atoms with E-state index in [-0.39, 0.29) is 16.2 Å². The van der Waals surface area contributed by atoms with Crippen molar-refractivity contribution in [1.82, 2.24) is 4.90 Å². The molecule has 1 rings (SSSR count). The summed E-state index contributed by atoms with van der Waals surface area (Å²) in [6.45, 7) is 1.35. The Labute approximate surface area is 84.6 Å². The van der Waals surface area contributed by atoms with Crippen LogP contribution in [0.15, 0.2) is 16.2 Å². The minimum absolute atomic E-state index is 0.183. The van der Waals surface area contributed by atoms with Crippen LogP contribution in [-0.4, -0.2) is 21.6 Å². The molecular formula is C6H5Cl3N2O. The molecule has 1 aliphatic rings. The van der Waals surface area contributed by atoms with Gasteiger partial charge in [0.25, 0.3) is 0 Å². The van der Waals surface area contributed by atoms with Gasteiger partial charge in [0.15, 0.2) is 0 Å². The smallest absolute Gasteiger partial charge is 0.227 e. The van der Waals surface area contributed by atoms with Gasteiger partial charge in [0.05, 0.1) is 0 Å². The molecule has 6 heteroatoms. The van der Waals surface area contributed by atoms with Crippen LogP contribution in [0.25, 0.3) is 0 Å². The van der Waals surface area contributed by atoms with Crippen molar-refractivity contribution in [2.45, 2.75) is 12.5 Å². The second kappa shape index (κ2) is 3.64. The average Bonchev–Trinajstić information content (AvgIpc) is 1.82. The van der Waals surface area contributed by atoms with Crippen molar-refractivity contribution in [1.29, 1.82) is 0 Å². The summed E-state index contributed by atoms with van der Waals surface area (Å²) in [4.78, 5) is 15.8. The fourth-order valence-electron chi connectivity index (χ4n) is 0.767. The van der Waals surface area contributed by atoms with E-state index in [1.807, 2.05) is 0 Å². The number of carbonyl (C=O) groups is 1. The van der Waals surface area contributed by atoms with Gasteiger partial charge in [-0.2, -0.15) is 0 Å². The van der Waals surface area contributed by atoms with Crippen molar-refractivity contribution < 1.29 is 4.79 Å². The fraction of sp³-hybridized carbons (Fsp3) is 0.333. The van der Waals surface area contributed by atoms with Gasteiger partial charge in [-0.15, -0.1) is 0 Å². The predicted octanol–water partition coefficient (Wildman–Crippen LogP) is 2.09. The van der Waals surface area contributed by atoms with Crippen LogP contribution >= 0.6 is 34.8 Å². The summed E-state index contributed by atoms with van der Waals surface area (Å²) in [6, 6.07) is 0. The van der Waals surface area contributed by atoms with E-state index < -0.39 is 5.62 Å². The Hall–Kier alpha value is -0.250. The summed E-state index contributed by atoms with van der Waals surface area (Å²) >= 11 is 16.9. The Balaban J connectivity index is 2.94. The third-order valence-corrected chi connectivity index (χ3v) is 2.04. The summed E-state index contributed by atoms with van der Waals surface area (Å²) in [5, 5.41) is 0.375. The summed E-state index contributed by atoms with van der Waals surface area (Å²) in [5.74, 6) is -0.274. The van der Waals surface area contributed by atoms with Crippen LogP contribution in [0, 0.1) is 0 Å². The predicted molar refractivity (Wildman–Crippen MR) is 49.4 cm³/mol. The van der Waals surface area contributed by atoms with Gasteiger partial charge in [-0.25, -0.2) is 4.99 Å². The topological polar surface area (TPSA) is 32.7 Å². The van der Waals surface area contributed by atoms with Gasteiger partial charge < -0.3 is 0 Å². The summed E-state index contributed by atoms with van der Waals surface area (Å²) in [5.41, 5.74) is -0.840. The van der Waals surface area contributed by atoms with Crippen LogP contribution in [0.3, 0.4) is 0 Å². The minimum Gasteiger partial charge on any atom is -0.275 e. The van der Waals surface area contributed by atoms with Crippen molar-refractivity contribution in [3.8, 4) is 0 Å². The molecule has 3 nitrogen and oxygen atoms in total. The Morgan fingerprint density at radius 1 is 1.67 bits per heavy atom. The highest BCUT2D eigenvalue weighted by Gasteiger charge is 2.24. The molecule has 1 heterocycles. The first-order chi connectivity index (χ1) is 5.52. The fourth-order valence-corrected chi connectivity index (χ4v) is 1.78. The number of alkyl halides is 1. The van der Waals surface area contributed by atoms with E-state index in [9.17, 15) is 4.79 Å². The Kier molecular flexibility index (Phi) is 2.99. The summed E-state index contributed by atoms with van der Waals surface area (Å²) in [7, 11) is 0. The molecule has 0 radical (unpaired) electrons. The van der Waals surface area contributed by atoms with Gasteiger partial charge in [-0.3, -0.25) is 9.69 Å². The molecule has 0 fully saturated rings. The lowest BCUT2D eigenvalue weighted by atomic mass is 10.5. The van der Waals surface area contributed by atoms with E-state index >= 15 is 0 Å². The number of nitrogens with zero attached hydrogens (tertiary/aromatic N) is 2. The molecule has 0 N–H and O–H groups in total. The van der Waals surface area contributed by atoms with Crippen LogP contribution in [-0.2, 0) is 4.79 Å². The van der Waals surface area contributed by atoms with Crippen molar-refractivity contribution in [3.05, 3.63) is 11.2 Å². The lowest BCUT2D eigenvalue weighted by molar-refractivity contribution is -0.127. The number of rotatable bonds is 0. The quantitative estimate of drug-likeness (QED) is 0.461. The molecule has 0 spiro atoms. The molecule has 1 aliphatic heterocycles. The summed E-state index contributed by atoms with van der Waals surface area (Å²) in [6.07, 6.45) is 1.36. The van der Waals surface area contributed by atoms with Gasteiger partial charge in [0.2, 0.25) is 11.5 Å². The van der Waals surface area contributed by atoms with Crippen LogP contribution in [0.5, 0.6) is 0 Å². The Morgan fingerprint density at radius 2 is 2.25 bits per heavy atom. The number of allylic oxidation sites excluding steroid dienone is 1. The maximum absolute atomic E-state index is 10.9. The lowest BCUT2D eigenvalue weighted by Crippen LogP contribution is -2.34.